The van der Waals surface area contributed by atoms with Gasteiger partial charge in [-0.15, -0.1) is 0 Å². The topological polar surface area (TPSA) is 59.3 Å². The summed E-state index contributed by atoms with van der Waals surface area (Å²) in [5, 5.41) is 17.9. The molecule has 3 rings (SSSR count). The third kappa shape index (κ3) is 4.13. The molecule has 0 bridgehead atoms. The zero-order chi connectivity index (χ0) is 16.1. The van der Waals surface area contributed by atoms with Gasteiger partial charge in [-0.3, -0.25) is 0 Å². The van der Waals surface area contributed by atoms with Crippen molar-refractivity contribution in [3.63, 3.8) is 0 Å². The third-order valence-electron chi connectivity index (χ3n) is 3.71. The summed E-state index contributed by atoms with van der Waals surface area (Å²) in [4.78, 5) is 0. The number of nitrogens with zero attached hydrogens (tertiary/aromatic N) is 2. The zero-order valence-corrected chi connectivity index (χ0v) is 13.6. The van der Waals surface area contributed by atoms with Crippen LogP contribution in [-0.4, -0.2) is 41.3 Å². The largest absolute Gasteiger partial charge is 0.394 e. The van der Waals surface area contributed by atoms with Crippen molar-refractivity contribution >= 4 is 17.4 Å². The molecule has 0 radical (unpaired) electrons. The maximum atomic E-state index is 9.24. The number of halogens is 1. The second kappa shape index (κ2) is 7.64. The van der Waals surface area contributed by atoms with Crippen LogP contribution in [-0.2, 0) is 11.3 Å². The number of aliphatic hydroxyl groups is 1. The van der Waals surface area contributed by atoms with Crippen molar-refractivity contribution in [3.8, 4) is 11.3 Å². The maximum absolute atomic E-state index is 9.24. The van der Waals surface area contributed by atoms with Gasteiger partial charge in [-0.1, -0.05) is 29.8 Å². The van der Waals surface area contributed by atoms with E-state index in [4.69, 9.17) is 16.3 Å². The number of anilines is 1. The molecule has 0 fully saturated rings. The Bertz CT molecular complexity index is 680. The van der Waals surface area contributed by atoms with Crippen LogP contribution < -0.4 is 5.32 Å². The molecule has 2 N–H and O–H groups in total. The molecule has 0 amide bonds. The zero-order valence-electron chi connectivity index (χ0n) is 12.8. The van der Waals surface area contributed by atoms with Crippen LogP contribution >= 0.6 is 11.6 Å². The first-order valence-electron chi connectivity index (χ1n) is 7.70. The number of hydrogen-bond acceptors (Lipinski definition) is 4. The first-order valence-corrected chi connectivity index (χ1v) is 8.08. The number of ether oxygens (including phenoxy) is 1. The van der Waals surface area contributed by atoms with Gasteiger partial charge < -0.3 is 15.2 Å². The maximum Gasteiger partial charge on any atom is 0.125 e. The highest BCUT2D eigenvalue weighted by Crippen LogP contribution is 2.24. The van der Waals surface area contributed by atoms with Crippen molar-refractivity contribution in [1.29, 1.82) is 0 Å². The van der Waals surface area contributed by atoms with Gasteiger partial charge in [-0.05, 0) is 24.1 Å². The smallest absolute Gasteiger partial charge is 0.125 e. The standard InChI is InChI=1S/C17H20ClN3O2/c18-15-5-3-14(4-6-15)16-10-17(21(20-16)7-8-22)19-11-13-2-1-9-23-12-13/h2-6,10,19,22H,1,7-9,11-12H2. The highest BCUT2D eigenvalue weighted by Gasteiger charge is 2.11. The molecule has 2 heterocycles. The van der Waals surface area contributed by atoms with Crippen LogP contribution in [0.5, 0.6) is 0 Å². The number of rotatable bonds is 6. The van der Waals surface area contributed by atoms with Gasteiger partial charge in [-0.25, -0.2) is 4.68 Å². The fourth-order valence-electron chi connectivity index (χ4n) is 2.52. The van der Waals surface area contributed by atoms with Crippen LogP contribution in [0.3, 0.4) is 0 Å². The molecule has 5 nitrogen and oxygen atoms in total. The second-order valence-electron chi connectivity index (χ2n) is 5.43. The summed E-state index contributed by atoms with van der Waals surface area (Å²) >= 11 is 5.93. The van der Waals surface area contributed by atoms with Crippen molar-refractivity contribution in [3.05, 3.63) is 47.0 Å². The van der Waals surface area contributed by atoms with Crippen molar-refractivity contribution in [2.75, 3.05) is 31.7 Å². The van der Waals surface area contributed by atoms with Gasteiger partial charge in [-0.2, -0.15) is 5.10 Å². The lowest BCUT2D eigenvalue weighted by atomic mass is 10.1. The van der Waals surface area contributed by atoms with Gasteiger partial charge in [0.05, 0.1) is 32.1 Å². The Kier molecular flexibility index (Phi) is 5.33. The van der Waals surface area contributed by atoms with Gasteiger partial charge >= 0.3 is 0 Å². The molecule has 0 saturated carbocycles. The molecule has 1 aliphatic heterocycles. The summed E-state index contributed by atoms with van der Waals surface area (Å²) in [6.45, 7) is 2.68. The van der Waals surface area contributed by atoms with Gasteiger partial charge in [0, 0.05) is 23.2 Å². The van der Waals surface area contributed by atoms with Crippen molar-refractivity contribution in [1.82, 2.24) is 9.78 Å². The second-order valence-corrected chi connectivity index (χ2v) is 5.86. The normalized spacial score (nSPS) is 14.6. The van der Waals surface area contributed by atoms with Crippen LogP contribution in [0.2, 0.25) is 5.02 Å². The molecule has 0 atom stereocenters. The Morgan fingerprint density at radius 1 is 1.30 bits per heavy atom. The molecule has 0 saturated heterocycles. The van der Waals surface area contributed by atoms with E-state index < -0.39 is 0 Å². The first kappa shape index (κ1) is 16.1. The molecule has 6 heteroatoms. The first-order chi connectivity index (χ1) is 11.3. The lowest BCUT2D eigenvalue weighted by molar-refractivity contribution is 0.150. The molecule has 0 spiro atoms. The summed E-state index contributed by atoms with van der Waals surface area (Å²) in [7, 11) is 0. The molecule has 0 aliphatic carbocycles. The summed E-state index contributed by atoms with van der Waals surface area (Å²) in [5.41, 5.74) is 3.09. The van der Waals surface area contributed by atoms with E-state index in [1.807, 2.05) is 30.3 Å². The Balaban J connectivity index is 1.77. The molecule has 0 unspecified atom stereocenters. The van der Waals surface area contributed by atoms with E-state index in [2.05, 4.69) is 16.5 Å². The SMILES string of the molecule is OCCn1nc(-c2ccc(Cl)cc2)cc1NCC1=CCCOC1. The Hall–Kier alpha value is -1.82. The number of aromatic nitrogens is 2. The number of hydrogen-bond donors (Lipinski definition) is 2. The lowest BCUT2D eigenvalue weighted by Crippen LogP contribution is -2.16. The van der Waals surface area contributed by atoms with E-state index in [9.17, 15) is 5.11 Å². The van der Waals surface area contributed by atoms with Gasteiger partial charge in [0.25, 0.3) is 0 Å². The van der Waals surface area contributed by atoms with Crippen LogP contribution in [0.4, 0.5) is 5.82 Å². The average molecular weight is 334 g/mol. The van der Waals surface area contributed by atoms with Crippen molar-refractivity contribution < 1.29 is 9.84 Å². The Labute approximate surface area is 140 Å². The lowest BCUT2D eigenvalue weighted by Gasteiger charge is -2.15. The van der Waals surface area contributed by atoms with E-state index >= 15 is 0 Å². The molecule has 1 aromatic heterocycles. The summed E-state index contributed by atoms with van der Waals surface area (Å²) < 4.78 is 7.24. The molecular weight excluding hydrogens is 314 g/mol. The summed E-state index contributed by atoms with van der Waals surface area (Å²) in [5.74, 6) is 0.885. The minimum absolute atomic E-state index is 0.0439. The van der Waals surface area contributed by atoms with Crippen molar-refractivity contribution in [2.24, 2.45) is 0 Å². The predicted molar refractivity (Wildman–Crippen MR) is 91.8 cm³/mol. The predicted octanol–water partition coefficient (Wildman–Crippen LogP) is 2.95. The molecule has 23 heavy (non-hydrogen) atoms. The highest BCUT2D eigenvalue weighted by atomic mass is 35.5. The minimum atomic E-state index is 0.0439. The number of benzene rings is 1. The third-order valence-corrected chi connectivity index (χ3v) is 3.96. The fraction of sp³-hybridized carbons (Fsp3) is 0.353. The number of aliphatic hydroxyl groups excluding tert-OH is 1. The van der Waals surface area contributed by atoms with Crippen molar-refractivity contribution in [2.45, 2.75) is 13.0 Å². The molecular formula is C17H20ClN3O2. The highest BCUT2D eigenvalue weighted by molar-refractivity contribution is 6.30. The van der Waals surface area contributed by atoms with Gasteiger partial charge in [0.1, 0.15) is 5.82 Å². The Morgan fingerprint density at radius 3 is 2.83 bits per heavy atom. The molecule has 1 aliphatic rings. The average Bonchev–Trinajstić information content (AvgIpc) is 2.98. The van der Waals surface area contributed by atoms with E-state index in [0.29, 0.717) is 18.2 Å². The van der Waals surface area contributed by atoms with Crippen LogP contribution in [0, 0.1) is 0 Å². The van der Waals surface area contributed by atoms with E-state index in [1.54, 1.807) is 4.68 Å². The van der Waals surface area contributed by atoms with Crippen LogP contribution in [0.1, 0.15) is 6.42 Å². The molecule has 2 aromatic rings. The van der Waals surface area contributed by atoms with Crippen LogP contribution in [0.15, 0.2) is 42.0 Å². The van der Waals surface area contributed by atoms with Gasteiger partial charge in [0.15, 0.2) is 0 Å². The van der Waals surface area contributed by atoms with Gasteiger partial charge in [0.2, 0.25) is 0 Å². The number of nitrogens with one attached hydrogen (secondary N) is 1. The monoisotopic (exact) mass is 333 g/mol. The quantitative estimate of drug-likeness (QED) is 0.798. The van der Waals surface area contributed by atoms with E-state index in [0.717, 1.165) is 36.6 Å². The van der Waals surface area contributed by atoms with E-state index in [-0.39, 0.29) is 6.61 Å². The molecule has 1 aromatic carbocycles. The Morgan fingerprint density at radius 2 is 2.13 bits per heavy atom. The summed E-state index contributed by atoms with van der Waals surface area (Å²) in [6.07, 6.45) is 3.17. The van der Waals surface area contributed by atoms with Crippen LogP contribution in [0.25, 0.3) is 11.3 Å². The molecule has 122 valence electrons. The summed E-state index contributed by atoms with van der Waals surface area (Å²) in [6, 6.07) is 9.56. The minimum Gasteiger partial charge on any atom is -0.394 e. The van der Waals surface area contributed by atoms with E-state index in [1.165, 1.54) is 5.57 Å². The fourth-order valence-corrected chi connectivity index (χ4v) is 2.65.